The topological polar surface area (TPSA) is 78.5 Å². The molecule has 2 N–H and O–H groups in total. The number of hydrazine groups is 1. The molecule has 1 atom stereocenters. The summed E-state index contributed by atoms with van der Waals surface area (Å²) in [5, 5.41) is 3.46. The number of rotatable bonds is 5. The molecule has 0 radical (unpaired) electrons. The standard InChI is InChI=1S/C20H21N3O3/c1-14-7-6-10-16(13-14)17(24)22-23-18(25)20(2,21-19(23)26)12-11-15-8-4-3-5-9-15/h3-10,13H,11-12H2,1-2H3,(H,21,26)(H,22,24)/t20-/m0/s1. The van der Waals surface area contributed by atoms with E-state index in [0.717, 1.165) is 16.1 Å². The Morgan fingerprint density at radius 3 is 2.54 bits per heavy atom. The third kappa shape index (κ3) is 3.59. The molecule has 0 bridgehead atoms. The Labute approximate surface area is 152 Å². The maximum Gasteiger partial charge on any atom is 0.344 e. The summed E-state index contributed by atoms with van der Waals surface area (Å²) < 4.78 is 0. The second kappa shape index (κ2) is 7.00. The van der Waals surface area contributed by atoms with Gasteiger partial charge < -0.3 is 5.32 Å². The molecule has 1 fully saturated rings. The van der Waals surface area contributed by atoms with E-state index in [1.807, 2.05) is 43.3 Å². The highest BCUT2D eigenvalue weighted by atomic mass is 16.2. The molecular formula is C20H21N3O3. The summed E-state index contributed by atoms with van der Waals surface area (Å²) in [6.45, 7) is 3.54. The molecule has 134 valence electrons. The van der Waals surface area contributed by atoms with E-state index in [9.17, 15) is 14.4 Å². The predicted molar refractivity (Wildman–Crippen MR) is 97.2 cm³/mol. The van der Waals surface area contributed by atoms with Crippen LogP contribution in [0.25, 0.3) is 0 Å². The molecule has 2 aromatic carbocycles. The van der Waals surface area contributed by atoms with Gasteiger partial charge in [-0.15, -0.1) is 0 Å². The minimum atomic E-state index is -1.05. The average Bonchev–Trinajstić information content (AvgIpc) is 2.84. The zero-order chi connectivity index (χ0) is 18.7. The van der Waals surface area contributed by atoms with Crippen LogP contribution in [0, 0.1) is 6.92 Å². The van der Waals surface area contributed by atoms with Crippen molar-refractivity contribution in [3.8, 4) is 0 Å². The molecule has 1 aliphatic rings. The van der Waals surface area contributed by atoms with Gasteiger partial charge in [0.1, 0.15) is 5.54 Å². The molecule has 6 nitrogen and oxygen atoms in total. The van der Waals surface area contributed by atoms with Crippen molar-refractivity contribution in [2.24, 2.45) is 0 Å². The highest BCUT2D eigenvalue weighted by Crippen LogP contribution is 2.22. The van der Waals surface area contributed by atoms with Crippen molar-refractivity contribution in [2.75, 3.05) is 0 Å². The molecule has 6 heteroatoms. The molecule has 2 aromatic rings. The maximum absolute atomic E-state index is 12.7. The minimum absolute atomic E-state index is 0.392. The molecule has 3 rings (SSSR count). The van der Waals surface area contributed by atoms with Gasteiger partial charge in [0.15, 0.2) is 0 Å². The lowest BCUT2D eigenvalue weighted by Crippen LogP contribution is -2.48. The van der Waals surface area contributed by atoms with E-state index >= 15 is 0 Å². The molecule has 1 aliphatic heterocycles. The second-order valence-corrected chi connectivity index (χ2v) is 6.70. The van der Waals surface area contributed by atoms with Crippen LogP contribution in [-0.2, 0) is 11.2 Å². The highest BCUT2D eigenvalue weighted by Gasteiger charge is 2.48. The van der Waals surface area contributed by atoms with Crippen LogP contribution in [0.4, 0.5) is 4.79 Å². The van der Waals surface area contributed by atoms with E-state index in [2.05, 4.69) is 10.7 Å². The fourth-order valence-corrected chi connectivity index (χ4v) is 2.95. The van der Waals surface area contributed by atoms with Crippen LogP contribution in [-0.4, -0.2) is 28.4 Å². The van der Waals surface area contributed by atoms with Crippen molar-refractivity contribution in [1.82, 2.24) is 15.8 Å². The summed E-state index contributed by atoms with van der Waals surface area (Å²) in [7, 11) is 0. The van der Waals surface area contributed by atoms with Crippen LogP contribution in [0.3, 0.4) is 0 Å². The molecule has 4 amide bonds. The Morgan fingerprint density at radius 2 is 1.85 bits per heavy atom. The predicted octanol–water partition coefficient (Wildman–Crippen LogP) is 2.58. The molecule has 0 spiro atoms. The van der Waals surface area contributed by atoms with Gasteiger partial charge in [0.05, 0.1) is 0 Å². The van der Waals surface area contributed by atoms with E-state index in [-0.39, 0.29) is 0 Å². The Kier molecular flexibility index (Phi) is 4.75. The fraction of sp³-hybridized carbons (Fsp3) is 0.250. The SMILES string of the molecule is Cc1cccc(C(=O)NN2C(=O)N[C@@](C)(CCc3ccccc3)C2=O)c1. The van der Waals surface area contributed by atoms with Crippen molar-refractivity contribution in [2.45, 2.75) is 32.2 Å². The van der Waals surface area contributed by atoms with E-state index in [0.29, 0.717) is 18.4 Å². The van der Waals surface area contributed by atoms with Crippen molar-refractivity contribution >= 4 is 17.8 Å². The van der Waals surface area contributed by atoms with E-state index in [1.54, 1.807) is 25.1 Å². The number of nitrogens with zero attached hydrogens (tertiary/aromatic N) is 1. The van der Waals surface area contributed by atoms with E-state index in [1.165, 1.54) is 0 Å². The number of carbonyl (C=O) groups is 3. The number of hydrogen-bond acceptors (Lipinski definition) is 3. The lowest BCUT2D eigenvalue weighted by Gasteiger charge is -2.21. The lowest BCUT2D eigenvalue weighted by molar-refractivity contribution is -0.132. The van der Waals surface area contributed by atoms with Gasteiger partial charge in [-0.2, -0.15) is 5.01 Å². The monoisotopic (exact) mass is 351 g/mol. The van der Waals surface area contributed by atoms with Gasteiger partial charge in [0.25, 0.3) is 11.8 Å². The zero-order valence-electron chi connectivity index (χ0n) is 14.8. The maximum atomic E-state index is 12.7. The Bertz CT molecular complexity index is 850. The second-order valence-electron chi connectivity index (χ2n) is 6.70. The fourth-order valence-electron chi connectivity index (χ4n) is 2.95. The molecule has 1 heterocycles. The number of carbonyl (C=O) groups excluding carboxylic acids is 3. The van der Waals surface area contributed by atoms with E-state index < -0.39 is 23.4 Å². The van der Waals surface area contributed by atoms with Crippen LogP contribution in [0.1, 0.15) is 34.8 Å². The molecule has 0 aliphatic carbocycles. The number of aryl methyl sites for hydroxylation is 2. The van der Waals surface area contributed by atoms with Crippen LogP contribution in [0.5, 0.6) is 0 Å². The molecule has 0 unspecified atom stereocenters. The number of urea groups is 1. The van der Waals surface area contributed by atoms with E-state index in [4.69, 9.17) is 0 Å². The third-order valence-corrected chi connectivity index (χ3v) is 4.51. The Hall–Kier alpha value is -3.15. The minimum Gasteiger partial charge on any atom is -0.322 e. The van der Waals surface area contributed by atoms with Crippen molar-refractivity contribution < 1.29 is 14.4 Å². The van der Waals surface area contributed by atoms with Gasteiger partial charge >= 0.3 is 6.03 Å². The highest BCUT2D eigenvalue weighted by molar-refractivity contribution is 6.09. The first-order chi connectivity index (χ1) is 12.4. The molecule has 0 saturated carbocycles. The smallest absolute Gasteiger partial charge is 0.322 e. The Morgan fingerprint density at radius 1 is 1.12 bits per heavy atom. The summed E-state index contributed by atoms with van der Waals surface area (Å²) >= 11 is 0. The van der Waals surface area contributed by atoms with Gasteiger partial charge in [0.2, 0.25) is 0 Å². The van der Waals surface area contributed by atoms with Gasteiger partial charge in [-0.25, -0.2) is 4.79 Å². The van der Waals surface area contributed by atoms with Gasteiger partial charge in [-0.1, -0.05) is 48.0 Å². The number of benzene rings is 2. The molecule has 0 aromatic heterocycles. The number of nitrogens with one attached hydrogen (secondary N) is 2. The summed E-state index contributed by atoms with van der Waals surface area (Å²) in [6, 6.07) is 16.1. The first-order valence-corrected chi connectivity index (χ1v) is 8.47. The van der Waals surface area contributed by atoms with Crippen molar-refractivity contribution in [1.29, 1.82) is 0 Å². The molecule has 1 saturated heterocycles. The molecular weight excluding hydrogens is 330 g/mol. The average molecular weight is 351 g/mol. The van der Waals surface area contributed by atoms with Crippen LogP contribution >= 0.6 is 0 Å². The normalized spacial score (nSPS) is 19.4. The first-order valence-electron chi connectivity index (χ1n) is 8.47. The quantitative estimate of drug-likeness (QED) is 0.813. The molecule has 26 heavy (non-hydrogen) atoms. The Balaban J connectivity index is 1.69. The van der Waals surface area contributed by atoms with Crippen molar-refractivity contribution in [3.05, 3.63) is 71.3 Å². The van der Waals surface area contributed by atoms with Gasteiger partial charge in [-0.3, -0.25) is 15.0 Å². The number of amides is 4. The first kappa shape index (κ1) is 17.7. The van der Waals surface area contributed by atoms with Crippen LogP contribution in [0.2, 0.25) is 0 Å². The van der Waals surface area contributed by atoms with Crippen LogP contribution in [0.15, 0.2) is 54.6 Å². The summed E-state index contributed by atoms with van der Waals surface area (Å²) in [4.78, 5) is 37.3. The van der Waals surface area contributed by atoms with Gasteiger partial charge in [-0.05, 0) is 44.4 Å². The van der Waals surface area contributed by atoms with Crippen molar-refractivity contribution in [3.63, 3.8) is 0 Å². The zero-order valence-corrected chi connectivity index (χ0v) is 14.8. The number of imide groups is 1. The number of hydrogen-bond donors (Lipinski definition) is 2. The summed E-state index contributed by atoms with van der Waals surface area (Å²) in [5.41, 5.74) is 3.75. The third-order valence-electron chi connectivity index (χ3n) is 4.51. The van der Waals surface area contributed by atoms with Gasteiger partial charge in [0, 0.05) is 5.56 Å². The summed E-state index contributed by atoms with van der Waals surface area (Å²) in [6.07, 6.45) is 1.08. The largest absolute Gasteiger partial charge is 0.344 e. The lowest BCUT2D eigenvalue weighted by atomic mass is 9.93. The van der Waals surface area contributed by atoms with Crippen LogP contribution < -0.4 is 10.7 Å². The summed E-state index contributed by atoms with van der Waals surface area (Å²) in [5.74, 6) is -0.955.